The summed E-state index contributed by atoms with van der Waals surface area (Å²) < 4.78 is 0. The van der Waals surface area contributed by atoms with Crippen molar-refractivity contribution in [2.45, 2.75) is 44.1 Å². The number of carbonyl (C=O) groups excluding carboxylic acids is 1. The predicted octanol–water partition coefficient (Wildman–Crippen LogP) is 2.55. The van der Waals surface area contributed by atoms with Gasteiger partial charge in [0.05, 0.1) is 5.92 Å². The van der Waals surface area contributed by atoms with E-state index in [-0.39, 0.29) is 17.9 Å². The molecule has 0 saturated heterocycles. The van der Waals surface area contributed by atoms with Crippen molar-refractivity contribution in [3.8, 4) is 0 Å². The van der Waals surface area contributed by atoms with Gasteiger partial charge in [-0.15, -0.1) is 0 Å². The minimum atomic E-state index is -0.0666. The molecule has 0 radical (unpaired) electrons. The van der Waals surface area contributed by atoms with Gasteiger partial charge in [-0.3, -0.25) is 9.89 Å². The first kappa shape index (κ1) is 14.6. The van der Waals surface area contributed by atoms with Crippen molar-refractivity contribution in [1.29, 1.82) is 0 Å². The average Bonchev–Trinajstić information content (AvgIpc) is 2.90. The van der Waals surface area contributed by atoms with Crippen LogP contribution in [0, 0.1) is 0 Å². The van der Waals surface area contributed by atoms with Crippen LogP contribution in [-0.4, -0.2) is 22.1 Å². The minimum absolute atomic E-state index is 0.0666. The van der Waals surface area contributed by atoms with Gasteiger partial charge in [0.25, 0.3) is 0 Å². The first-order valence-corrected chi connectivity index (χ1v) is 7.83. The fourth-order valence-electron chi connectivity index (χ4n) is 3.11. The van der Waals surface area contributed by atoms with E-state index in [1.165, 1.54) is 0 Å². The lowest BCUT2D eigenvalue weighted by molar-refractivity contribution is -0.124. The molecule has 1 aromatic heterocycles. The van der Waals surface area contributed by atoms with Crippen molar-refractivity contribution in [3.05, 3.63) is 47.7 Å². The molecule has 5 nitrogen and oxygen atoms in total. The van der Waals surface area contributed by atoms with Crippen LogP contribution < -0.4 is 11.1 Å². The lowest BCUT2D eigenvalue weighted by Crippen LogP contribution is -2.45. The quantitative estimate of drug-likeness (QED) is 0.793. The maximum atomic E-state index is 12.5. The number of H-pyrrole nitrogens is 1. The highest BCUT2D eigenvalue weighted by molar-refractivity contribution is 5.83. The Morgan fingerprint density at radius 2 is 2.14 bits per heavy atom. The highest BCUT2D eigenvalue weighted by atomic mass is 16.1. The monoisotopic (exact) mass is 298 g/mol. The smallest absolute Gasteiger partial charge is 0.227 e. The molecule has 0 aliphatic heterocycles. The van der Waals surface area contributed by atoms with Crippen LogP contribution in [0.5, 0.6) is 0 Å². The zero-order valence-electron chi connectivity index (χ0n) is 12.8. The number of anilines is 1. The third-order valence-electron chi connectivity index (χ3n) is 4.47. The van der Waals surface area contributed by atoms with E-state index in [0.29, 0.717) is 11.7 Å². The lowest BCUT2D eigenvalue weighted by Gasteiger charge is -2.36. The van der Waals surface area contributed by atoms with Crippen molar-refractivity contribution in [1.82, 2.24) is 15.5 Å². The Morgan fingerprint density at radius 1 is 1.41 bits per heavy atom. The summed E-state index contributed by atoms with van der Waals surface area (Å²) in [4.78, 5) is 12.5. The van der Waals surface area contributed by atoms with Gasteiger partial charge in [0, 0.05) is 23.7 Å². The van der Waals surface area contributed by atoms with Crippen LogP contribution in [0.4, 0.5) is 5.82 Å². The number of aromatic nitrogens is 2. The number of amides is 1. The molecule has 4 N–H and O–H groups in total. The minimum Gasteiger partial charge on any atom is -0.382 e. The molecule has 1 aromatic carbocycles. The number of nitrogen functional groups attached to an aromatic ring is 1. The maximum absolute atomic E-state index is 12.5. The van der Waals surface area contributed by atoms with E-state index < -0.39 is 0 Å². The van der Waals surface area contributed by atoms with Crippen LogP contribution in [0.15, 0.2) is 36.4 Å². The molecule has 1 aliphatic rings. The zero-order chi connectivity index (χ0) is 15.5. The SMILES string of the molecule is CCC(C(=O)NC1CC(c2cc(N)n[nH]2)C1)c1ccccc1. The summed E-state index contributed by atoms with van der Waals surface area (Å²) in [5.74, 6) is 1.01. The molecule has 1 aliphatic carbocycles. The van der Waals surface area contributed by atoms with Gasteiger partial charge in [0.2, 0.25) is 5.91 Å². The van der Waals surface area contributed by atoms with Gasteiger partial charge in [-0.1, -0.05) is 37.3 Å². The summed E-state index contributed by atoms with van der Waals surface area (Å²) >= 11 is 0. The maximum Gasteiger partial charge on any atom is 0.227 e. The molecular formula is C17H22N4O. The molecule has 1 amide bonds. The van der Waals surface area contributed by atoms with Crippen molar-refractivity contribution in [3.63, 3.8) is 0 Å². The number of carbonyl (C=O) groups is 1. The van der Waals surface area contributed by atoms with Gasteiger partial charge in [-0.2, -0.15) is 5.10 Å². The van der Waals surface area contributed by atoms with Crippen molar-refractivity contribution in [2.24, 2.45) is 0 Å². The molecular weight excluding hydrogens is 276 g/mol. The summed E-state index contributed by atoms with van der Waals surface area (Å²) in [6, 6.07) is 12.1. The molecule has 1 atom stereocenters. The fourth-order valence-corrected chi connectivity index (χ4v) is 3.11. The summed E-state index contributed by atoms with van der Waals surface area (Å²) in [6.07, 6.45) is 2.69. The van der Waals surface area contributed by atoms with Gasteiger partial charge in [-0.25, -0.2) is 0 Å². The Hall–Kier alpha value is -2.30. The predicted molar refractivity (Wildman–Crippen MR) is 86.4 cm³/mol. The summed E-state index contributed by atoms with van der Waals surface area (Å²) in [6.45, 7) is 2.05. The highest BCUT2D eigenvalue weighted by Crippen LogP contribution is 2.36. The molecule has 1 saturated carbocycles. The van der Waals surface area contributed by atoms with E-state index in [4.69, 9.17) is 5.73 Å². The third-order valence-corrected chi connectivity index (χ3v) is 4.47. The second-order valence-corrected chi connectivity index (χ2v) is 5.99. The molecule has 1 fully saturated rings. The molecule has 0 bridgehead atoms. The Kier molecular flexibility index (Phi) is 4.13. The number of hydrogen-bond donors (Lipinski definition) is 3. The van der Waals surface area contributed by atoms with Crippen LogP contribution in [0.3, 0.4) is 0 Å². The summed E-state index contributed by atoms with van der Waals surface area (Å²) in [5, 5.41) is 10.1. The van der Waals surface area contributed by atoms with Crippen LogP contribution in [0.25, 0.3) is 0 Å². The second-order valence-electron chi connectivity index (χ2n) is 5.99. The number of benzene rings is 1. The Morgan fingerprint density at radius 3 is 2.73 bits per heavy atom. The standard InChI is InChI=1S/C17H22N4O/c1-2-14(11-6-4-3-5-7-11)17(22)19-13-8-12(9-13)15-10-16(18)21-20-15/h3-7,10,12-14H,2,8-9H2,1H3,(H,19,22)(H3,18,20,21). The number of nitrogens with one attached hydrogen (secondary N) is 2. The summed E-state index contributed by atoms with van der Waals surface area (Å²) in [7, 11) is 0. The number of nitrogens with two attached hydrogens (primary N) is 1. The molecule has 2 aromatic rings. The van der Waals surface area contributed by atoms with Crippen LogP contribution in [0.1, 0.15) is 49.3 Å². The van der Waals surface area contributed by atoms with Gasteiger partial charge >= 0.3 is 0 Å². The van der Waals surface area contributed by atoms with Crippen molar-refractivity contribution >= 4 is 11.7 Å². The zero-order valence-corrected chi connectivity index (χ0v) is 12.8. The van der Waals surface area contributed by atoms with Crippen molar-refractivity contribution < 1.29 is 4.79 Å². The third kappa shape index (κ3) is 2.98. The van der Waals surface area contributed by atoms with E-state index in [2.05, 4.69) is 15.5 Å². The van der Waals surface area contributed by atoms with Gasteiger partial charge in [0.1, 0.15) is 5.82 Å². The Labute approximate surface area is 130 Å². The van der Waals surface area contributed by atoms with E-state index in [0.717, 1.165) is 30.5 Å². The Bertz CT molecular complexity index is 631. The first-order chi connectivity index (χ1) is 10.7. The molecule has 0 spiro atoms. The number of nitrogens with zero attached hydrogens (tertiary/aromatic N) is 1. The number of aromatic amines is 1. The van der Waals surface area contributed by atoms with E-state index in [1.807, 2.05) is 43.3 Å². The molecule has 5 heteroatoms. The van der Waals surface area contributed by atoms with E-state index in [1.54, 1.807) is 0 Å². The number of rotatable bonds is 5. The molecule has 3 rings (SSSR count). The van der Waals surface area contributed by atoms with E-state index >= 15 is 0 Å². The topological polar surface area (TPSA) is 83.8 Å². The summed E-state index contributed by atoms with van der Waals surface area (Å²) in [5.41, 5.74) is 7.77. The van der Waals surface area contributed by atoms with Gasteiger partial charge in [0.15, 0.2) is 0 Å². The molecule has 1 unspecified atom stereocenters. The van der Waals surface area contributed by atoms with Crippen molar-refractivity contribution in [2.75, 3.05) is 5.73 Å². The van der Waals surface area contributed by atoms with Gasteiger partial charge < -0.3 is 11.1 Å². The fraction of sp³-hybridized carbons (Fsp3) is 0.412. The van der Waals surface area contributed by atoms with Crippen LogP contribution >= 0.6 is 0 Å². The highest BCUT2D eigenvalue weighted by Gasteiger charge is 2.33. The average molecular weight is 298 g/mol. The Balaban J connectivity index is 1.54. The molecule has 1 heterocycles. The number of hydrogen-bond acceptors (Lipinski definition) is 3. The molecule has 22 heavy (non-hydrogen) atoms. The molecule has 116 valence electrons. The normalized spacial score (nSPS) is 21.9. The van der Waals surface area contributed by atoms with Gasteiger partial charge in [-0.05, 0) is 24.8 Å². The second kappa shape index (κ2) is 6.22. The lowest BCUT2D eigenvalue weighted by atomic mass is 9.78. The largest absolute Gasteiger partial charge is 0.382 e. The first-order valence-electron chi connectivity index (χ1n) is 7.83. The van der Waals surface area contributed by atoms with Crippen LogP contribution in [0.2, 0.25) is 0 Å². The van der Waals surface area contributed by atoms with Crippen LogP contribution in [-0.2, 0) is 4.79 Å². The van der Waals surface area contributed by atoms with E-state index in [9.17, 15) is 4.79 Å².